The minimum absolute atomic E-state index is 0.0297. The van der Waals surface area contributed by atoms with E-state index in [1.165, 1.54) is 11.3 Å². The standard InChI is InChI=1S/C19H17Cl2N3OS/c1-19(2,3)13-6-4-5-11(7-13)16(25)22-18-24-23-17(26-18)12-8-14(20)10-15(21)9-12/h4-10H,1-3H3,(H,22,24,25). The van der Waals surface area contributed by atoms with E-state index in [1.54, 1.807) is 24.3 Å². The van der Waals surface area contributed by atoms with Crippen molar-refractivity contribution >= 4 is 45.6 Å². The highest BCUT2D eigenvalue weighted by Crippen LogP contribution is 2.31. The molecule has 0 radical (unpaired) electrons. The molecule has 0 atom stereocenters. The smallest absolute Gasteiger partial charge is 0.257 e. The third-order valence-corrected chi connectivity index (χ3v) is 5.07. The van der Waals surface area contributed by atoms with Crippen LogP contribution in [0.2, 0.25) is 10.0 Å². The van der Waals surface area contributed by atoms with Crippen molar-refractivity contribution in [1.82, 2.24) is 10.2 Å². The molecule has 0 saturated carbocycles. The summed E-state index contributed by atoms with van der Waals surface area (Å²) in [6, 6.07) is 12.7. The van der Waals surface area contributed by atoms with Crippen LogP contribution in [0.15, 0.2) is 42.5 Å². The van der Waals surface area contributed by atoms with E-state index in [0.717, 1.165) is 11.1 Å². The lowest BCUT2D eigenvalue weighted by molar-refractivity contribution is 0.102. The van der Waals surface area contributed by atoms with Crippen molar-refractivity contribution in [2.45, 2.75) is 26.2 Å². The Bertz CT molecular complexity index is 943. The van der Waals surface area contributed by atoms with Crippen molar-refractivity contribution in [3.8, 4) is 10.6 Å². The van der Waals surface area contributed by atoms with E-state index in [2.05, 4.69) is 36.3 Å². The fourth-order valence-corrected chi connectivity index (χ4v) is 3.62. The van der Waals surface area contributed by atoms with E-state index in [4.69, 9.17) is 23.2 Å². The van der Waals surface area contributed by atoms with Crippen LogP contribution in [0.4, 0.5) is 5.13 Å². The van der Waals surface area contributed by atoms with Crippen LogP contribution in [0.5, 0.6) is 0 Å². The molecule has 26 heavy (non-hydrogen) atoms. The van der Waals surface area contributed by atoms with E-state index in [9.17, 15) is 4.79 Å². The molecule has 1 N–H and O–H groups in total. The number of anilines is 1. The predicted molar refractivity (Wildman–Crippen MR) is 108 cm³/mol. The SMILES string of the molecule is CC(C)(C)c1cccc(C(=O)Nc2nnc(-c3cc(Cl)cc(Cl)c3)s2)c1. The number of nitrogens with zero attached hydrogens (tertiary/aromatic N) is 2. The van der Waals surface area contributed by atoms with Gasteiger partial charge < -0.3 is 0 Å². The van der Waals surface area contributed by atoms with Crippen molar-refractivity contribution in [3.63, 3.8) is 0 Å². The first-order valence-corrected chi connectivity index (χ1v) is 9.51. The summed E-state index contributed by atoms with van der Waals surface area (Å²) in [6.07, 6.45) is 0. The summed E-state index contributed by atoms with van der Waals surface area (Å²) in [7, 11) is 0. The highest BCUT2D eigenvalue weighted by atomic mass is 35.5. The summed E-state index contributed by atoms with van der Waals surface area (Å²) in [6.45, 7) is 6.32. The van der Waals surface area contributed by atoms with Crippen LogP contribution >= 0.6 is 34.5 Å². The molecule has 0 unspecified atom stereocenters. The van der Waals surface area contributed by atoms with Gasteiger partial charge in [-0.25, -0.2) is 0 Å². The second-order valence-electron chi connectivity index (χ2n) is 6.86. The topological polar surface area (TPSA) is 54.9 Å². The second kappa shape index (κ2) is 7.35. The number of nitrogens with one attached hydrogen (secondary N) is 1. The van der Waals surface area contributed by atoms with Gasteiger partial charge in [-0.2, -0.15) is 0 Å². The lowest BCUT2D eigenvalue weighted by Gasteiger charge is -2.19. The van der Waals surface area contributed by atoms with Crippen LogP contribution in [-0.2, 0) is 5.41 Å². The number of amides is 1. The zero-order chi connectivity index (χ0) is 18.9. The maximum Gasteiger partial charge on any atom is 0.257 e. The zero-order valence-electron chi connectivity index (χ0n) is 14.5. The average molecular weight is 406 g/mol. The van der Waals surface area contributed by atoms with Gasteiger partial charge in [0, 0.05) is 21.2 Å². The molecule has 2 aromatic carbocycles. The monoisotopic (exact) mass is 405 g/mol. The summed E-state index contributed by atoms with van der Waals surface area (Å²) in [5.74, 6) is -0.220. The molecule has 0 aliphatic heterocycles. The fraction of sp³-hybridized carbons (Fsp3) is 0.211. The van der Waals surface area contributed by atoms with Gasteiger partial charge in [0.2, 0.25) is 5.13 Å². The summed E-state index contributed by atoms with van der Waals surface area (Å²) >= 11 is 13.3. The molecule has 7 heteroatoms. The van der Waals surface area contributed by atoms with Crippen molar-refractivity contribution in [2.24, 2.45) is 0 Å². The first kappa shape index (κ1) is 18.8. The predicted octanol–water partition coefficient (Wildman–Crippen LogP) is 6.06. The molecule has 0 spiro atoms. The molecule has 0 bridgehead atoms. The lowest BCUT2D eigenvalue weighted by atomic mass is 9.86. The molecule has 3 rings (SSSR count). The van der Waals surface area contributed by atoms with Crippen LogP contribution in [0.3, 0.4) is 0 Å². The highest BCUT2D eigenvalue weighted by molar-refractivity contribution is 7.18. The minimum Gasteiger partial charge on any atom is -0.296 e. The number of halogens is 2. The van der Waals surface area contributed by atoms with Gasteiger partial charge in [0.25, 0.3) is 5.91 Å². The van der Waals surface area contributed by atoms with Gasteiger partial charge in [-0.15, -0.1) is 10.2 Å². The number of hydrogen-bond acceptors (Lipinski definition) is 4. The van der Waals surface area contributed by atoms with E-state index in [1.807, 2.05) is 18.2 Å². The zero-order valence-corrected chi connectivity index (χ0v) is 16.8. The first-order chi connectivity index (χ1) is 12.2. The molecule has 0 aliphatic rings. The summed E-state index contributed by atoms with van der Waals surface area (Å²) in [5.41, 5.74) is 2.41. The van der Waals surface area contributed by atoms with Crippen LogP contribution in [0.25, 0.3) is 10.6 Å². The van der Waals surface area contributed by atoms with Crippen molar-refractivity contribution in [3.05, 3.63) is 63.6 Å². The Morgan fingerprint density at radius 3 is 2.38 bits per heavy atom. The van der Waals surface area contributed by atoms with Crippen molar-refractivity contribution in [1.29, 1.82) is 0 Å². The Labute approximate surface area is 166 Å². The van der Waals surface area contributed by atoms with E-state index in [0.29, 0.717) is 25.7 Å². The third kappa shape index (κ3) is 4.41. The minimum atomic E-state index is -0.220. The molecule has 4 nitrogen and oxygen atoms in total. The average Bonchev–Trinajstić information content (AvgIpc) is 3.02. The Hall–Kier alpha value is -1.95. The molecule has 1 heterocycles. The molecular formula is C19H17Cl2N3OS. The Morgan fingerprint density at radius 2 is 1.73 bits per heavy atom. The summed E-state index contributed by atoms with van der Waals surface area (Å²) < 4.78 is 0. The Kier molecular flexibility index (Phi) is 5.32. The van der Waals surface area contributed by atoms with Gasteiger partial charge in [-0.05, 0) is 41.3 Å². The number of carbonyl (C=O) groups is 1. The van der Waals surface area contributed by atoms with Crippen LogP contribution in [-0.4, -0.2) is 16.1 Å². The van der Waals surface area contributed by atoms with Gasteiger partial charge in [0.1, 0.15) is 5.01 Å². The molecule has 134 valence electrons. The van der Waals surface area contributed by atoms with E-state index in [-0.39, 0.29) is 11.3 Å². The molecule has 1 aromatic heterocycles. The van der Waals surface area contributed by atoms with Crippen molar-refractivity contribution in [2.75, 3.05) is 5.32 Å². The normalized spacial score (nSPS) is 11.4. The molecular weight excluding hydrogens is 389 g/mol. The van der Waals surface area contributed by atoms with Gasteiger partial charge in [0.15, 0.2) is 0 Å². The van der Waals surface area contributed by atoms with E-state index >= 15 is 0 Å². The van der Waals surface area contributed by atoms with Gasteiger partial charge in [-0.1, -0.05) is 67.4 Å². The van der Waals surface area contributed by atoms with Crippen LogP contribution in [0, 0.1) is 0 Å². The maximum atomic E-state index is 12.5. The van der Waals surface area contributed by atoms with Gasteiger partial charge in [-0.3, -0.25) is 10.1 Å². The highest BCUT2D eigenvalue weighted by Gasteiger charge is 2.17. The number of aromatic nitrogens is 2. The number of carbonyl (C=O) groups excluding carboxylic acids is 1. The van der Waals surface area contributed by atoms with Crippen LogP contribution < -0.4 is 5.32 Å². The first-order valence-electron chi connectivity index (χ1n) is 7.94. The molecule has 0 fully saturated rings. The maximum absolute atomic E-state index is 12.5. The quantitative estimate of drug-likeness (QED) is 0.575. The summed E-state index contributed by atoms with van der Waals surface area (Å²) in [4.78, 5) is 12.5. The van der Waals surface area contributed by atoms with E-state index < -0.39 is 0 Å². The van der Waals surface area contributed by atoms with Crippen molar-refractivity contribution < 1.29 is 4.79 Å². The van der Waals surface area contributed by atoms with Gasteiger partial charge in [0.05, 0.1) is 0 Å². The van der Waals surface area contributed by atoms with Gasteiger partial charge >= 0.3 is 0 Å². The Morgan fingerprint density at radius 1 is 1.04 bits per heavy atom. The fourth-order valence-electron chi connectivity index (χ4n) is 2.36. The van der Waals surface area contributed by atoms with Crippen LogP contribution in [0.1, 0.15) is 36.7 Å². The summed E-state index contributed by atoms with van der Waals surface area (Å²) in [5, 5.41) is 13.0. The lowest BCUT2D eigenvalue weighted by Crippen LogP contribution is -2.15. The second-order valence-corrected chi connectivity index (χ2v) is 8.71. The number of hydrogen-bond donors (Lipinski definition) is 1. The third-order valence-electron chi connectivity index (χ3n) is 3.75. The molecule has 0 aliphatic carbocycles. The molecule has 0 saturated heterocycles. The number of rotatable bonds is 3. The molecule has 1 amide bonds. The number of benzene rings is 2. The Balaban J connectivity index is 1.80. The molecule has 3 aromatic rings. The largest absolute Gasteiger partial charge is 0.296 e.